The fourth-order valence-electron chi connectivity index (χ4n) is 2.89. The molecule has 24 heavy (non-hydrogen) atoms. The first-order valence-corrected chi connectivity index (χ1v) is 8.59. The molecule has 0 fully saturated rings. The fraction of sp³-hybridized carbons (Fsp3) is 0.211. The van der Waals surface area contributed by atoms with Gasteiger partial charge in [0.2, 0.25) is 0 Å². The van der Waals surface area contributed by atoms with Crippen molar-refractivity contribution in [2.24, 2.45) is 0 Å². The number of thiazole rings is 1. The molecule has 2 heterocycles. The van der Waals surface area contributed by atoms with E-state index >= 15 is 0 Å². The Morgan fingerprint density at radius 3 is 2.75 bits per heavy atom. The monoisotopic (exact) mass is 335 g/mol. The first-order chi connectivity index (χ1) is 11.7. The highest BCUT2D eigenvalue weighted by Gasteiger charge is 2.13. The Morgan fingerprint density at radius 2 is 1.96 bits per heavy atom. The average Bonchev–Trinajstić information content (AvgIpc) is 2.99. The molecule has 0 aliphatic carbocycles. The lowest BCUT2D eigenvalue weighted by Crippen LogP contribution is -1.96. The van der Waals surface area contributed by atoms with Crippen molar-refractivity contribution in [3.8, 4) is 10.6 Å². The SMILES string of the molecule is COCc1cnc2c(-c3nc4c(C)cccc4s3)cc(C)cc2n1. The number of nitrogens with zero attached hydrogens (tertiary/aromatic N) is 3. The van der Waals surface area contributed by atoms with Crippen LogP contribution in [0.25, 0.3) is 31.8 Å². The van der Waals surface area contributed by atoms with Gasteiger partial charge in [-0.05, 0) is 43.2 Å². The van der Waals surface area contributed by atoms with Gasteiger partial charge >= 0.3 is 0 Å². The second kappa shape index (κ2) is 5.92. The first-order valence-electron chi connectivity index (χ1n) is 7.77. The fourth-order valence-corrected chi connectivity index (χ4v) is 3.95. The van der Waals surface area contributed by atoms with Crippen LogP contribution in [0.1, 0.15) is 16.8 Å². The van der Waals surface area contributed by atoms with E-state index in [1.165, 1.54) is 10.3 Å². The zero-order valence-corrected chi connectivity index (χ0v) is 14.6. The van der Waals surface area contributed by atoms with E-state index in [1.807, 2.05) is 0 Å². The lowest BCUT2D eigenvalue weighted by Gasteiger charge is -2.06. The summed E-state index contributed by atoms with van der Waals surface area (Å²) in [5, 5.41) is 0.988. The lowest BCUT2D eigenvalue weighted by molar-refractivity contribution is 0.181. The summed E-state index contributed by atoms with van der Waals surface area (Å²) in [4.78, 5) is 14.2. The van der Waals surface area contributed by atoms with E-state index in [1.54, 1.807) is 24.6 Å². The van der Waals surface area contributed by atoms with E-state index in [0.717, 1.165) is 38.4 Å². The molecule has 2 aromatic heterocycles. The van der Waals surface area contributed by atoms with Crippen LogP contribution >= 0.6 is 11.3 Å². The van der Waals surface area contributed by atoms with Gasteiger partial charge in [0.25, 0.3) is 0 Å². The van der Waals surface area contributed by atoms with Crippen LogP contribution in [-0.2, 0) is 11.3 Å². The van der Waals surface area contributed by atoms with Crippen molar-refractivity contribution in [2.75, 3.05) is 7.11 Å². The largest absolute Gasteiger partial charge is 0.378 e. The molecule has 0 bridgehead atoms. The van der Waals surface area contributed by atoms with Crippen molar-refractivity contribution in [3.63, 3.8) is 0 Å². The van der Waals surface area contributed by atoms with Gasteiger partial charge in [-0.25, -0.2) is 9.97 Å². The number of aryl methyl sites for hydroxylation is 2. The molecule has 0 saturated carbocycles. The molecular formula is C19H17N3OS. The molecule has 2 aromatic carbocycles. The summed E-state index contributed by atoms with van der Waals surface area (Å²) in [6.45, 7) is 4.63. The number of ether oxygens (including phenoxy) is 1. The van der Waals surface area contributed by atoms with Gasteiger partial charge in [0.15, 0.2) is 0 Å². The minimum absolute atomic E-state index is 0.465. The van der Waals surface area contributed by atoms with E-state index < -0.39 is 0 Å². The Morgan fingerprint density at radius 1 is 1.08 bits per heavy atom. The summed E-state index contributed by atoms with van der Waals surface area (Å²) in [6, 6.07) is 10.5. The van der Waals surface area contributed by atoms with Crippen molar-refractivity contribution < 1.29 is 4.74 Å². The smallest absolute Gasteiger partial charge is 0.126 e. The van der Waals surface area contributed by atoms with E-state index in [2.05, 4.69) is 54.1 Å². The van der Waals surface area contributed by atoms with Gasteiger partial charge < -0.3 is 4.74 Å². The normalized spacial score (nSPS) is 11.5. The maximum absolute atomic E-state index is 5.16. The summed E-state index contributed by atoms with van der Waals surface area (Å²) in [5.41, 5.74) is 7.06. The molecule has 0 aliphatic rings. The Labute approximate surface area is 144 Å². The molecular weight excluding hydrogens is 318 g/mol. The molecule has 0 spiro atoms. The predicted molar refractivity (Wildman–Crippen MR) is 98.3 cm³/mol. The van der Waals surface area contributed by atoms with Crippen LogP contribution in [0.4, 0.5) is 0 Å². The van der Waals surface area contributed by atoms with Crippen LogP contribution in [0, 0.1) is 13.8 Å². The summed E-state index contributed by atoms with van der Waals surface area (Å²) in [6.07, 6.45) is 1.78. The van der Waals surface area contributed by atoms with Crippen LogP contribution in [0.2, 0.25) is 0 Å². The molecule has 4 rings (SSSR count). The minimum Gasteiger partial charge on any atom is -0.378 e. The van der Waals surface area contributed by atoms with E-state index in [4.69, 9.17) is 9.72 Å². The Kier molecular flexibility index (Phi) is 3.75. The van der Waals surface area contributed by atoms with Crippen molar-refractivity contribution in [2.45, 2.75) is 20.5 Å². The minimum atomic E-state index is 0.465. The number of fused-ring (bicyclic) bond motifs is 2. The van der Waals surface area contributed by atoms with Crippen LogP contribution < -0.4 is 0 Å². The Bertz CT molecular complexity index is 1060. The maximum Gasteiger partial charge on any atom is 0.126 e. The maximum atomic E-state index is 5.16. The summed E-state index contributed by atoms with van der Waals surface area (Å²) >= 11 is 1.70. The van der Waals surface area contributed by atoms with E-state index in [-0.39, 0.29) is 0 Å². The highest BCUT2D eigenvalue weighted by Crippen LogP contribution is 2.35. The Hall–Kier alpha value is -2.37. The first kappa shape index (κ1) is 15.2. The average molecular weight is 335 g/mol. The zero-order valence-electron chi connectivity index (χ0n) is 13.8. The number of methoxy groups -OCH3 is 1. The molecule has 5 heteroatoms. The number of hydrogen-bond donors (Lipinski definition) is 0. The molecule has 120 valence electrons. The third kappa shape index (κ3) is 2.56. The number of rotatable bonds is 3. The topological polar surface area (TPSA) is 47.9 Å². The molecule has 0 radical (unpaired) electrons. The highest BCUT2D eigenvalue weighted by atomic mass is 32.1. The lowest BCUT2D eigenvalue weighted by atomic mass is 10.1. The van der Waals surface area contributed by atoms with Gasteiger partial charge in [-0.1, -0.05) is 12.1 Å². The van der Waals surface area contributed by atoms with E-state index in [0.29, 0.717) is 6.61 Å². The third-order valence-corrected chi connectivity index (χ3v) is 5.04. The highest BCUT2D eigenvalue weighted by molar-refractivity contribution is 7.21. The van der Waals surface area contributed by atoms with E-state index in [9.17, 15) is 0 Å². The number of aromatic nitrogens is 3. The quantitative estimate of drug-likeness (QED) is 0.546. The Balaban J connectivity index is 1.95. The molecule has 0 amide bonds. The number of para-hydroxylation sites is 1. The van der Waals surface area contributed by atoms with Crippen molar-refractivity contribution >= 4 is 32.6 Å². The van der Waals surface area contributed by atoms with Gasteiger partial charge in [-0.2, -0.15) is 0 Å². The third-order valence-electron chi connectivity index (χ3n) is 3.98. The van der Waals surface area contributed by atoms with Crippen LogP contribution in [-0.4, -0.2) is 22.1 Å². The van der Waals surface area contributed by atoms with Gasteiger partial charge in [-0.3, -0.25) is 4.98 Å². The molecule has 4 aromatic rings. The molecule has 0 N–H and O–H groups in total. The molecule has 0 atom stereocenters. The summed E-state index contributed by atoms with van der Waals surface area (Å²) in [5.74, 6) is 0. The van der Waals surface area contributed by atoms with Gasteiger partial charge in [0.05, 0.1) is 39.7 Å². The van der Waals surface area contributed by atoms with Crippen molar-refractivity contribution in [1.29, 1.82) is 0 Å². The predicted octanol–water partition coefficient (Wildman–Crippen LogP) is 4.67. The molecule has 4 nitrogen and oxygen atoms in total. The summed E-state index contributed by atoms with van der Waals surface area (Å²) in [7, 11) is 1.66. The van der Waals surface area contributed by atoms with Crippen molar-refractivity contribution in [1.82, 2.24) is 15.0 Å². The van der Waals surface area contributed by atoms with Crippen molar-refractivity contribution in [3.05, 3.63) is 53.3 Å². The van der Waals surface area contributed by atoms with Gasteiger partial charge in [-0.15, -0.1) is 11.3 Å². The molecule has 0 aliphatic heterocycles. The van der Waals surface area contributed by atoms with Crippen LogP contribution in [0.3, 0.4) is 0 Å². The second-order valence-corrected chi connectivity index (χ2v) is 6.95. The summed E-state index contributed by atoms with van der Waals surface area (Å²) < 4.78 is 6.36. The number of hydrogen-bond acceptors (Lipinski definition) is 5. The van der Waals surface area contributed by atoms with Gasteiger partial charge in [0.1, 0.15) is 5.01 Å². The van der Waals surface area contributed by atoms with Crippen LogP contribution in [0.15, 0.2) is 36.5 Å². The second-order valence-electron chi connectivity index (χ2n) is 5.92. The zero-order chi connectivity index (χ0) is 16.7. The number of benzene rings is 2. The molecule has 0 saturated heterocycles. The molecule has 0 unspecified atom stereocenters. The standard InChI is InChI=1S/C19H17N3OS/c1-11-7-14(18-15(8-11)21-13(9-20-18)10-23-3)19-22-17-12(2)5-4-6-16(17)24-19/h4-9H,10H2,1-3H3. The van der Waals surface area contributed by atoms with Crippen LogP contribution in [0.5, 0.6) is 0 Å². The van der Waals surface area contributed by atoms with Gasteiger partial charge in [0, 0.05) is 12.7 Å².